The van der Waals surface area contributed by atoms with Crippen molar-refractivity contribution in [2.75, 3.05) is 18.9 Å². The van der Waals surface area contributed by atoms with E-state index in [9.17, 15) is 9.59 Å². The number of carbonyl (C=O) groups excluding carboxylic acids is 2. The van der Waals surface area contributed by atoms with E-state index in [1.54, 1.807) is 46.3 Å². The third kappa shape index (κ3) is 6.17. The smallest absolute Gasteiger partial charge is 0.444 e. The van der Waals surface area contributed by atoms with Crippen LogP contribution in [0.25, 0.3) is 0 Å². The quantitative estimate of drug-likeness (QED) is 0.758. The maximum absolute atomic E-state index is 12.3. The summed E-state index contributed by atoms with van der Waals surface area (Å²) in [6.45, 7) is 13.5. The van der Waals surface area contributed by atoms with Crippen molar-refractivity contribution in [2.45, 2.75) is 71.7 Å². The number of nitrogens with zero attached hydrogens (tertiary/aromatic N) is 2. The molecule has 0 spiro atoms. The molecule has 9 heteroatoms. The van der Waals surface area contributed by atoms with Crippen LogP contribution in [0.15, 0.2) is 18.5 Å². The van der Waals surface area contributed by atoms with Gasteiger partial charge in [-0.05, 0) is 54.5 Å². The van der Waals surface area contributed by atoms with E-state index >= 15 is 0 Å². The Labute approximate surface area is 173 Å². The van der Waals surface area contributed by atoms with Gasteiger partial charge in [0.15, 0.2) is 0 Å². The van der Waals surface area contributed by atoms with E-state index in [2.05, 4.69) is 10.3 Å². The van der Waals surface area contributed by atoms with Crippen molar-refractivity contribution in [1.82, 2.24) is 9.88 Å². The lowest BCUT2D eigenvalue weighted by atomic mass is 9.80. The number of anilines is 1. The van der Waals surface area contributed by atoms with E-state index < -0.39 is 30.0 Å². The lowest BCUT2D eigenvalue weighted by Crippen LogP contribution is -2.41. The van der Waals surface area contributed by atoms with Crippen molar-refractivity contribution < 1.29 is 23.6 Å². The first-order chi connectivity index (χ1) is 13.2. The third-order valence-electron chi connectivity index (χ3n) is 4.95. The molecular weight excluding hydrogens is 373 g/mol. The molecule has 0 atom stereocenters. The molecule has 0 aliphatic carbocycles. The average Bonchev–Trinajstić information content (AvgIpc) is 2.79. The molecule has 1 N–H and O–H groups in total. The molecular formula is C20H32BN3O5. The Balaban J connectivity index is 1.92. The van der Waals surface area contributed by atoms with E-state index in [4.69, 9.17) is 14.0 Å². The molecule has 1 aromatic rings. The van der Waals surface area contributed by atoms with Gasteiger partial charge in [0.05, 0.1) is 23.1 Å². The van der Waals surface area contributed by atoms with E-state index in [1.165, 1.54) is 4.90 Å². The Morgan fingerprint density at radius 3 is 2.31 bits per heavy atom. The van der Waals surface area contributed by atoms with Crippen LogP contribution in [0.1, 0.15) is 54.9 Å². The van der Waals surface area contributed by atoms with Gasteiger partial charge in [-0.1, -0.05) is 0 Å². The molecule has 1 aromatic heterocycles. The zero-order valence-electron chi connectivity index (χ0n) is 18.7. The fourth-order valence-corrected chi connectivity index (χ4v) is 2.56. The number of aromatic nitrogens is 1. The summed E-state index contributed by atoms with van der Waals surface area (Å²) in [5, 5.41) is 2.80. The molecule has 2 heterocycles. The zero-order valence-corrected chi connectivity index (χ0v) is 18.7. The van der Waals surface area contributed by atoms with Crippen LogP contribution in [0.5, 0.6) is 0 Å². The number of pyridine rings is 1. The summed E-state index contributed by atoms with van der Waals surface area (Å²) in [5.74, 6) is -0.228. The molecule has 0 radical (unpaired) electrons. The van der Waals surface area contributed by atoms with Crippen molar-refractivity contribution in [3.63, 3.8) is 0 Å². The maximum Gasteiger partial charge on any atom is 0.496 e. The maximum atomic E-state index is 12.3. The minimum Gasteiger partial charge on any atom is -0.444 e. The Bertz CT molecular complexity index is 745. The molecule has 2 amide bonds. The second kappa shape index (κ2) is 8.32. The number of ether oxygens (including phenoxy) is 1. The van der Waals surface area contributed by atoms with Gasteiger partial charge in [0.25, 0.3) is 0 Å². The van der Waals surface area contributed by atoms with Crippen LogP contribution >= 0.6 is 0 Å². The van der Waals surface area contributed by atoms with Gasteiger partial charge < -0.3 is 24.3 Å². The minimum atomic E-state index is -0.576. The predicted octanol–water partition coefficient (Wildman–Crippen LogP) is 2.58. The standard InChI is InChI=1S/C20H32BN3O5/c1-18(2,3)27-17(26)24(8)10-9-16(25)23-15-11-14(12-22-13-15)21-28-19(4,5)20(6,7)29-21/h11-13H,9-10H2,1-8H3,(H,23,25). The summed E-state index contributed by atoms with van der Waals surface area (Å²) >= 11 is 0. The number of rotatable bonds is 5. The monoisotopic (exact) mass is 405 g/mol. The van der Waals surface area contributed by atoms with Gasteiger partial charge >= 0.3 is 13.2 Å². The summed E-state index contributed by atoms with van der Waals surface area (Å²) in [7, 11) is 1.05. The van der Waals surface area contributed by atoms with Gasteiger partial charge in [0, 0.05) is 31.7 Å². The van der Waals surface area contributed by atoms with Crippen LogP contribution in [0.3, 0.4) is 0 Å². The Morgan fingerprint density at radius 1 is 1.17 bits per heavy atom. The highest BCUT2D eigenvalue weighted by atomic mass is 16.7. The van der Waals surface area contributed by atoms with Crippen LogP contribution in [0, 0.1) is 0 Å². The molecule has 0 unspecified atom stereocenters. The highest BCUT2D eigenvalue weighted by molar-refractivity contribution is 6.62. The van der Waals surface area contributed by atoms with Crippen LogP contribution < -0.4 is 10.8 Å². The van der Waals surface area contributed by atoms with Crippen LogP contribution in [0.4, 0.5) is 10.5 Å². The molecule has 0 aromatic carbocycles. The summed E-state index contributed by atoms with van der Waals surface area (Å²) in [4.78, 5) is 29.8. The number of hydrogen-bond donors (Lipinski definition) is 1. The molecule has 1 fully saturated rings. The van der Waals surface area contributed by atoms with E-state index in [1.807, 2.05) is 27.7 Å². The Hall–Kier alpha value is -2.13. The molecule has 2 rings (SSSR count). The van der Waals surface area contributed by atoms with Crippen LogP contribution in [-0.4, -0.2) is 59.4 Å². The Kier molecular flexibility index (Phi) is 6.64. The van der Waals surface area contributed by atoms with E-state index in [-0.39, 0.29) is 18.9 Å². The molecule has 1 saturated heterocycles. The fraction of sp³-hybridized carbons (Fsp3) is 0.650. The van der Waals surface area contributed by atoms with Gasteiger partial charge in [-0.2, -0.15) is 0 Å². The van der Waals surface area contributed by atoms with Gasteiger partial charge in [-0.25, -0.2) is 4.79 Å². The SMILES string of the molecule is CN(CCC(=O)Nc1cncc(B2OC(C)(C)C(C)(C)O2)c1)C(=O)OC(C)(C)C. The van der Waals surface area contributed by atoms with Crippen molar-refractivity contribution in [2.24, 2.45) is 0 Å². The summed E-state index contributed by atoms with van der Waals surface area (Å²) in [6, 6.07) is 1.78. The fourth-order valence-electron chi connectivity index (χ4n) is 2.56. The largest absolute Gasteiger partial charge is 0.496 e. The van der Waals surface area contributed by atoms with Gasteiger partial charge in [0.2, 0.25) is 5.91 Å². The summed E-state index contributed by atoms with van der Waals surface area (Å²) in [6.07, 6.45) is 2.89. The molecule has 1 aliphatic heterocycles. The first-order valence-corrected chi connectivity index (χ1v) is 9.75. The van der Waals surface area contributed by atoms with Crippen LogP contribution in [-0.2, 0) is 18.8 Å². The second-order valence-electron chi connectivity index (χ2n) is 9.30. The van der Waals surface area contributed by atoms with Crippen molar-refractivity contribution in [3.05, 3.63) is 18.5 Å². The summed E-state index contributed by atoms with van der Waals surface area (Å²) < 4.78 is 17.3. The number of amides is 2. The van der Waals surface area contributed by atoms with E-state index in [0.717, 1.165) is 5.46 Å². The first-order valence-electron chi connectivity index (χ1n) is 9.75. The molecule has 0 bridgehead atoms. The summed E-state index contributed by atoms with van der Waals surface area (Å²) in [5.41, 5.74) is -0.214. The third-order valence-corrected chi connectivity index (χ3v) is 4.95. The Morgan fingerprint density at radius 2 is 1.76 bits per heavy atom. The minimum absolute atomic E-state index is 0.135. The normalized spacial score (nSPS) is 17.7. The molecule has 160 valence electrons. The van der Waals surface area contributed by atoms with Crippen molar-refractivity contribution in [1.29, 1.82) is 0 Å². The molecule has 29 heavy (non-hydrogen) atoms. The highest BCUT2D eigenvalue weighted by Crippen LogP contribution is 2.36. The topological polar surface area (TPSA) is 90.0 Å². The van der Waals surface area contributed by atoms with Crippen LogP contribution in [0.2, 0.25) is 0 Å². The number of hydrogen-bond acceptors (Lipinski definition) is 6. The number of carbonyl (C=O) groups is 2. The molecule has 0 saturated carbocycles. The first kappa shape index (κ1) is 23.2. The highest BCUT2D eigenvalue weighted by Gasteiger charge is 2.51. The lowest BCUT2D eigenvalue weighted by molar-refractivity contribution is -0.116. The zero-order chi connectivity index (χ0) is 22.0. The average molecular weight is 405 g/mol. The van der Waals surface area contributed by atoms with Gasteiger partial charge in [-0.15, -0.1) is 0 Å². The van der Waals surface area contributed by atoms with Crippen molar-refractivity contribution in [3.8, 4) is 0 Å². The second-order valence-corrected chi connectivity index (χ2v) is 9.30. The molecule has 8 nitrogen and oxygen atoms in total. The van der Waals surface area contributed by atoms with Gasteiger partial charge in [-0.3, -0.25) is 9.78 Å². The van der Waals surface area contributed by atoms with Gasteiger partial charge in [0.1, 0.15) is 5.60 Å². The predicted molar refractivity (Wildman–Crippen MR) is 112 cm³/mol. The van der Waals surface area contributed by atoms with Crippen molar-refractivity contribution >= 4 is 30.3 Å². The number of nitrogens with one attached hydrogen (secondary N) is 1. The lowest BCUT2D eigenvalue weighted by Gasteiger charge is -2.32. The molecule has 1 aliphatic rings. The van der Waals surface area contributed by atoms with E-state index in [0.29, 0.717) is 5.69 Å².